The van der Waals surface area contributed by atoms with Gasteiger partial charge in [0.15, 0.2) is 0 Å². The van der Waals surface area contributed by atoms with Crippen LogP contribution in [-0.2, 0) is 4.79 Å². The van der Waals surface area contributed by atoms with Crippen molar-refractivity contribution < 1.29 is 4.79 Å². The van der Waals surface area contributed by atoms with E-state index in [4.69, 9.17) is 0 Å². The molecule has 1 heterocycles. The van der Waals surface area contributed by atoms with E-state index in [9.17, 15) is 4.79 Å². The van der Waals surface area contributed by atoms with Crippen LogP contribution in [0.1, 0.15) is 25.7 Å². The lowest BCUT2D eigenvalue weighted by Gasteiger charge is -2.15. The molecule has 1 N–H and O–H groups in total. The summed E-state index contributed by atoms with van der Waals surface area (Å²) in [5.74, 6) is 2.06. The highest BCUT2D eigenvalue weighted by Gasteiger charge is 2.35. The minimum atomic E-state index is 0.169. The third-order valence-electron chi connectivity index (χ3n) is 3.74. The fourth-order valence-corrected chi connectivity index (χ4v) is 2.90. The third-order valence-corrected chi connectivity index (χ3v) is 3.74. The molecular formula is C11H20N2O. The summed E-state index contributed by atoms with van der Waals surface area (Å²) in [6, 6.07) is 0. The first-order chi connectivity index (χ1) is 6.79. The standard InChI is InChI=1S/C11H20N2O/c1-12-11(14)5-6-13-7-9-3-2-4-10(9)8-13/h9-10H,2-8H2,1H3,(H,12,14). The van der Waals surface area contributed by atoms with Gasteiger partial charge in [0.1, 0.15) is 0 Å². The zero-order chi connectivity index (χ0) is 9.97. The van der Waals surface area contributed by atoms with Crippen LogP contribution in [0.2, 0.25) is 0 Å². The van der Waals surface area contributed by atoms with Gasteiger partial charge in [-0.05, 0) is 24.7 Å². The van der Waals surface area contributed by atoms with Crippen LogP contribution in [0.15, 0.2) is 0 Å². The monoisotopic (exact) mass is 196 g/mol. The van der Waals surface area contributed by atoms with E-state index >= 15 is 0 Å². The number of amides is 1. The van der Waals surface area contributed by atoms with E-state index < -0.39 is 0 Å². The largest absolute Gasteiger partial charge is 0.359 e. The van der Waals surface area contributed by atoms with Gasteiger partial charge in [0.05, 0.1) is 0 Å². The van der Waals surface area contributed by atoms with Gasteiger partial charge in [-0.25, -0.2) is 0 Å². The average molecular weight is 196 g/mol. The minimum absolute atomic E-state index is 0.169. The van der Waals surface area contributed by atoms with Gasteiger partial charge in [-0.2, -0.15) is 0 Å². The van der Waals surface area contributed by atoms with E-state index in [1.165, 1.54) is 32.4 Å². The molecule has 2 unspecified atom stereocenters. The maximum atomic E-state index is 11.1. The molecule has 0 spiro atoms. The predicted octanol–water partition coefficient (Wildman–Crippen LogP) is 0.854. The van der Waals surface area contributed by atoms with E-state index in [-0.39, 0.29) is 5.91 Å². The highest BCUT2D eigenvalue weighted by Crippen LogP contribution is 2.37. The molecule has 14 heavy (non-hydrogen) atoms. The molecule has 0 aromatic rings. The van der Waals surface area contributed by atoms with Crippen molar-refractivity contribution >= 4 is 5.91 Å². The van der Waals surface area contributed by atoms with E-state index in [1.54, 1.807) is 7.05 Å². The van der Waals surface area contributed by atoms with Crippen LogP contribution < -0.4 is 5.32 Å². The first-order valence-corrected chi connectivity index (χ1v) is 5.72. The third kappa shape index (κ3) is 2.08. The number of carbonyl (C=O) groups is 1. The van der Waals surface area contributed by atoms with Gasteiger partial charge in [-0.15, -0.1) is 0 Å². The van der Waals surface area contributed by atoms with Crippen LogP contribution in [0.5, 0.6) is 0 Å². The van der Waals surface area contributed by atoms with Crippen molar-refractivity contribution in [2.75, 3.05) is 26.7 Å². The summed E-state index contributed by atoms with van der Waals surface area (Å²) < 4.78 is 0. The van der Waals surface area contributed by atoms with E-state index in [1.807, 2.05) is 0 Å². The normalized spacial score (nSPS) is 31.8. The smallest absolute Gasteiger partial charge is 0.221 e. The second-order valence-corrected chi connectivity index (χ2v) is 4.63. The Balaban J connectivity index is 1.71. The molecule has 3 nitrogen and oxygen atoms in total. The fourth-order valence-electron chi connectivity index (χ4n) is 2.90. The first-order valence-electron chi connectivity index (χ1n) is 5.72. The van der Waals surface area contributed by atoms with Crippen molar-refractivity contribution in [3.63, 3.8) is 0 Å². The molecule has 1 saturated heterocycles. The molecule has 0 aromatic carbocycles. The Morgan fingerprint density at radius 1 is 1.36 bits per heavy atom. The van der Waals surface area contributed by atoms with Crippen molar-refractivity contribution in [3.05, 3.63) is 0 Å². The van der Waals surface area contributed by atoms with E-state index in [2.05, 4.69) is 10.2 Å². The van der Waals surface area contributed by atoms with Gasteiger partial charge >= 0.3 is 0 Å². The topological polar surface area (TPSA) is 32.3 Å². The molecule has 2 aliphatic rings. The SMILES string of the molecule is CNC(=O)CCN1CC2CCCC2C1. The molecule has 1 amide bonds. The highest BCUT2D eigenvalue weighted by atomic mass is 16.1. The fraction of sp³-hybridized carbons (Fsp3) is 0.909. The zero-order valence-electron chi connectivity index (χ0n) is 8.96. The van der Waals surface area contributed by atoms with Gasteiger partial charge in [-0.1, -0.05) is 6.42 Å². The van der Waals surface area contributed by atoms with Gasteiger partial charge in [0, 0.05) is 33.1 Å². The molecule has 1 saturated carbocycles. The summed E-state index contributed by atoms with van der Waals surface area (Å²) in [6.07, 6.45) is 4.93. The molecule has 1 aliphatic heterocycles. The quantitative estimate of drug-likeness (QED) is 0.726. The lowest BCUT2D eigenvalue weighted by atomic mass is 10.0. The van der Waals surface area contributed by atoms with E-state index in [0.717, 1.165) is 18.4 Å². The Hall–Kier alpha value is -0.570. The van der Waals surface area contributed by atoms with Crippen LogP contribution in [0, 0.1) is 11.8 Å². The number of likely N-dealkylation sites (tertiary alicyclic amines) is 1. The Labute approximate surface area is 85.8 Å². The number of rotatable bonds is 3. The Bertz CT molecular complexity index is 205. The summed E-state index contributed by atoms with van der Waals surface area (Å²) in [5, 5.41) is 2.67. The summed E-state index contributed by atoms with van der Waals surface area (Å²) in [6.45, 7) is 3.43. The number of carbonyl (C=O) groups excluding carboxylic acids is 1. The molecule has 0 aromatic heterocycles. The van der Waals surface area contributed by atoms with Crippen LogP contribution in [0.4, 0.5) is 0 Å². The van der Waals surface area contributed by atoms with Crippen molar-refractivity contribution in [2.24, 2.45) is 11.8 Å². The molecule has 0 radical (unpaired) electrons. The van der Waals surface area contributed by atoms with Crippen LogP contribution >= 0.6 is 0 Å². The molecule has 2 fully saturated rings. The Morgan fingerprint density at radius 2 is 2.00 bits per heavy atom. The lowest BCUT2D eigenvalue weighted by Crippen LogP contribution is -2.28. The molecule has 3 heteroatoms. The van der Waals surface area contributed by atoms with Crippen molar-refractivity contribution in [3.8, 4) is 0 Å². The highest BCUT2D eigenvalue weighted by molar-refractivity contribution is 5.75. The summed E-state index contributed by atoms with van der Waals surface area (Å²) in [7, 11) is 1.71. The first kappa shape index (κ1) is 9.97. The summed E-state index contributed by atoms with van der Waals surface area (Å²) in [4.78, 5) is 13.5. The van der Waals surface area contributed by atoms with Crippen LogP contribution in [-0.4, -0.2) is 37.5 Å². The molecule has 0 bridgehead atoms. The van der Waals surface area contributed by atoms with Gasteiger partial charge in [0.2, 0.25) is 5.91 Å². The van der Waals surface area contributed by atoms with Crippen molar-refractivity contribution in [2.45, 2.75) is 25.7 Å². The van der Waals surface area contributed by atoms with Crippen LogP contribution in [0.25, 0.3) is 0 Å². The summed E-state index contributed by atoms with van der Waals surface area (Å²) in [5.41, 5.74) is 0. The van der Waals surface area contributed by atoms with Gasteiger partial charge < -0.3 is 10.2 Å². The molecular weight excluding hydrogens is 176 g/mol. The molecule has 2 rings (SSSR count). The second-order valence-electron chi connectivity index (χ2n) is 4.63. The predicted molar refractivity (Wildman–Crippen MR) is 56.0 cm³/mol. The van der Waals surface area contributed by atoms with Crippen molar-refractivity contribution in [1.82, 2.24) is 10.2 Å². The van der Waals surface area contributed by atoms with Gasteiger partial charge in [-0.3, -0.25) is 4.79 Å². The average Bonchev–Trinajstić information content (AvgIpc) is 2.73. The van der Waals surface area contributed by atoms with Crippen LogP contribution in [0.3, 0.4) is 0 Å². The second kappa shape index (κ2) is 4.30. The van der Waals surface area contributed by atoms with E-state index in [0.29, 0.717) is 6.42 Å². The zero-order valence-corrected chi connectivity index (χ0v) is 8.96. The number of hydrogen-bond donors (Lipinski definition) is 1. The Kier molecular flexibility index (Phi) is 3.06. The lowest BCUT2D eigenvalue weighted by molar-refractivity contribution is -0.120. The number of nitrogens with zero attached hydrogens (tertiary/aromatic N) is 1. The maximum Gasteiger partial charge on any atom is 0.221 e. The maximum absolute atomic E-state index is 11.1. The minimum Gasteiger partial charge on any atom is -0.359 e. The number of nitrogens with one attached hydrogen (secondary N) is 1. The number of hydrogen-bond acceptors (Lipinski definition) is 2. The molecule has 1 aliphatic carbocycles. The molecule has 80 valence electrons. The summed E-state index contributed by atoms with van der Waals surface area (Å²) >= 11 is 0. The van der Waals surface area contributed by atoms with Crippen molar-refractivity contribution in [1.29, 1.82) is 0 Å². The number of fused-ring (bicyclic) bond motifs is 1. The Morgan fingerprint density at radius 3 is 2.57 bits per heavy atom. The molecule has 2 atom stereocenters. The van der Waals surface area contributed by atoms with Gasteiger partial charge in [0.25, 0.3) is 0 Å².